The van der Waals surface area contributed by atoms with Gasteiger partial charge in [-0.15, -0.1) is 6.58 Å². The van der Waals surface area contributed by atoms with Crippen molar-refractivity contribution in [2.24, 2.45) is 0 Å². The number of halogens is 2. The Bertz CT molecular complexity index is 516. The molecule has 0 saturated carbocycles. The number of hydrogen-bond donors (Lipinski definition) is 1. The molecular weight excluding hydrogens is 326 g/mol. The first kappa shape index (κ1) is 14.7. The van der Waals surface area contributed by atoms with Gasteiger partial charge in [0, 0.05) is 10.5 Å². The molecule has 0 bridgehead atoms. The topological polar surface area (TPSA) is 46.2 Å². The highest BCUT2D eigenvalue weighted by molar-refractivity contribution is 9.10. The Morgan fingerprint density at radius 2 is 2.24 bits per heavy atom. The van der Waals surface area contributed by atoms with Crippen LogP contribution in [0.2, 0.25) is 5.02 Å². The Morgan fingerprint density at radius 3 is 2.76 bits per heavy atom. The highest BCUT2D eigenvalue weighted by Gasteiger charge is 2.19. The number of sulfonamides is 1. The molecule has 1 atom stereocenters. The standard InChI is InChI=1S/C11H13BrClNO2S/c1-3-4-8(2)14-17(15,16)11-6-5-9(12)7-10(11)13/h3,5-8,14H,1,4H2,2H3. The Labute approximate surface area is 115 Å². The maximum atomic E-state index is 12.0. The molecule has 3 nitrogen and oxygen atoms in total. The maximum Gasteiger partial charge on any atom is 0.242 e. The zero-order valence-electron chi connectivity index (χ0n) is 9.28. The SMILES string of the molecule is C=CCC(C)NS(=O)(=O)c1ccc(Br)cc1Cl. The fourth-order valence-electron chi connectivity index (χ4n) is 1.32. The first-order chi connectivity index (χ1) is 7.86. The second kappa shape index (κ2) is 6.00. The fraction of sp³-hybridized carbons (Fsp3) is 0.273. The molecule has 0 fully saturated rings. The van der Waals surface area contributed by atoms with Crippen LogP contribution in [-0.2, 0) is 10.0 Å². The molecule has 6 heteroatoms. The van der Waals surface area contributed by atoms with Crippen LogP contribution in [0.25, 0.3) is 0 Å². The summed E-state index contributed by atoms with van der Waals surface area (Å²) in [7, 11) is -3.58. The average Bonchev–Trinajstić information content (AvgIpc) is 2.15. The smallest absolute Gasteiger partial charge is 0.208 e. The second-order valence-corrected chi connectivity index (χ2v) is 6.63. The van der Waals surface area contributed by atoms with E-state index in [9.17, 15) is 8.42 Å². The predicted octanol–water partition coefficient (Wildman–Crippen LogP) is 3.35. The summed E-state index contributed by atoms with van der Waals surface area (Å²) in [5, 5.41) is 0.192. The first-order valence-corrected chi connectivity index (χ1v) is 7.60. The van der Waals surface area contributed by atoms with Crippen LogP contribution in [0.4, 0.5) is 0 Å². The van der Waals surface area contributed by atoms with Crippen molar-refractivity contribution in [2.45, 2.75) is 24.3 Å². The third-order valence-electron chi connectivity index (χ3n) is 2.06. The van der Waals surface area contributed by atoms with Gasteiger partial charge in [-0.05, 0) is 31.5 Å². The molecule has 0 aliphatic carbocycles. The van der Waals surface area contributed by atoms with Gasteiger partial charge in [0.25, 0.3) is 0 Å². The lowest BCUT2D eigenvalue weighted by atomic mass is 10.3. The molecule has 0 spiro atoms. The quantitative estimate of drug-likeness (QED) is 0.837. The molecule has 0 radical (unpaired) electrons. The summed E-state index contributed by atoms with van der Waals surface area (Å²) in [6.07, 6.45) is 2.23. The molecule has 94 valence electrons. The number of hydrogen-bond acceptors (Lipinski definition) is 2. The van der Waals surface area contributed by atoms with Crippen LogP contribution in [0.1, 0.15) is 13.3 Å². The van der Waals surface area contributed by atoms with Gasteiger partial charge in [0.2, 0.25) is 10.0 Å². The minimum Gasteiger partial charge on any atom is -0.208 e. The monoisotopic (exact) mass is 337 g/mol. The van der Waals surface area contributed by atoms with Crippen LogP contribution in [0, 0.1) is 0 Å². The molecule has 0 heterocycles. The van der Waals surface area contributed by atoms with Crippen molar-refractivity contribution in [3.8, 4) is 0 Å². The van der Waals surface area contributed by atoms with Crippen molar-refractivity contribution < 1.29 is 8.42 Å². The van der Waals surface area contributed by atoms with Crippen LogP contribution >= 0.6 is 27.5 Å². The summed E-state index contributed by atoms with van der Waals surface area (Å²) in [5.74, 6) is 0. The lowest BCUT2D eigenvalue weighted by Crippen LogP contribution is -2.32. The summed E-state index contributed by atoms with van der Waals surface area (Å²) in [6, 6.07) is 4.44. The van der Waals surface area contributed by atoms with Gasteiger partial charge in [-0.3, -0.25) is 0 Å². The number of nitrogens with one attached hydrogen (secondary N) is 1. The van der Waals surface area contributed by atoms with Gasteiger partial charge in [0.15, 0.2) is 0 Å². The summed E-state index contributed by atoms with van der Waals surface area (Å²) >= 11 is 9.13. The van der Waals surface area contributed by atoms with Crippen molar-refractivity contribution in [1.82, 2.24) is 4.72 Å². The van der Waals surface area contributed by atoms with Gasteiger partial charge in [0.05, 0.1) is 5.02 Å². The van der Waals surface area contributed by atoms with Crippen LogP contribution in [-0.4, -0.2) is 14.5 Å². The van der Waals surface area contributed by atoms with Crippen molar-refractivity contribution in [3.05, 3.63) is 40.3 Å². The molecule has 0 amide bonds. The van der Waals surface area contributed by atoms with E-state index < -0.39 is 10.0 Å². The Kier molecular flexibility index (Phi) is 5.19. The van der Waals surface area contributed by atoms with Crippen molar-refractivity contribution in [2.75, 3.05) is 0 Å². The molecule has 1 unspecified atom stereocenters. The van der Waals surface area contributed by atoms with E-state index in [1.165, 1.54) is 6.07 Å². The van der Waals surface area contributed by atoms with Gasteiger partial charge in [-0.1, -0.05) is 33.6 Å². The van der Waals surface area contributed by atoms with E-state index in [0.717, 1.165) is 4.47 Å². The van der Waals surface area contributed by atoms with Crippen LogP contribution < -0.4 is 4.72 Å². The van der Waals surface area contributed by atoms with E-state index in [-0.39, 0.29) is 16.0 Å². The largest absolute Gasteiger partial charge is 0.242 e. The molecule has 0 aliphatic heterocycles. The van der Waals surface area contributed by atoms with Crippen molar-refractivity contribution >= 4 is 37.6 Å². The van der Waals surface area contributed by atoms with Crippen molar-refractivity contribution in [3.63, 3.8) is 0 Å². The van der Waals surface area contributed by atoms with Gasteiger partial charge in [0.1, 0.15) is 4.90 Å². The van der Waals surface area contributed by atoms with E-state index in [4.69, 9.17) is 11.6 Å². The van der Waals surface area contributed by atoms with Crippen LogP contribution in [0.15, 0.2) is 40.2 Å². The molecule has 0 aromatic heterocycles. The van der Waals surface area contributed by atoms with Gasteiger partial charge in [-0.2, -0.15) is 0 Å². The summed E-state index contributed by atoms with van der Waals surface area (Å²) in [4.78, 5) is 0.0817. The zero-order valence-corrected chi connectivity index (χ0v) is 12.4. The maximum absolute atomic E-state index is 12.0. The van der Waals surface area contributed by atoms with E-state index in [0.29, 0.717) is 6.42 Å². The molecule has 0 aliphatic rings. The molecule has 17 heavy (non-hydrogen) atoms. The van der Waals surface area contributed by atoms with Crippen molar-refractivity contribution in [1.29, 1.82) is 0 Å². The van der Waals surface area contributed by atoms with E-state index in [2.05, 4.69) is 27.2 Å². The minimum atomic E-state index is -3.58. The van der Waals surface area contributed by atoms with Gasteiger partial charge >= 0.3 is 0 Å². The Balaban J connectivity index is 3.01. The third kappa shape index (κ3) is 4.10. The third-order valence-corrected chi connectivity index (χ3v) is 4.63. The number of benzene rings is 1. The zero-order chi connectivity index (χ0) is 13.1. The summed E-state index contributed by atoms with van der Waals surface area (Å²) in [6.45, 7) is 5.34. The first-order valence-electron chi connectivity index (χ1n) is 4.95. The van der Waals surface area contributed by atoms with Gasteiger partial charge in [-0.25, -0.2) is 13.1 Å². The highest BCUT2D eigenvalue weighted by Crippen LogP contribution is 2.25. The highest BCUT2D eigenvalue weighted by atomic mass is 79.9. The van der Waals surface area contributed by atoms with E-state index >= 15 is 0 Å². The molecule has 1 rings (SSSR count). The lowest BCUT2D eigenvalue weighted by Gasteiger charge is -2.13. The average molecular weight is 339 g/mol. The molecule has 0 saturated heterocycles. The Morgan fingerprint density at radius 1 is 1.59 bits per heavy atom. The molecule has 1 N–H and O–H groups in total. The fourth-order valence-corrected chi connectivity index (χ4v) is 3.61. The van der Waals surface area contributed by atoms with Crippen LogP contribution in [0.5, 0.6) is 0 Å². The minimum absolute atomic E-state index is 0.0817. The normalized spacial score (nSPS) is 13.4. The molecule has 1 aromatic rings. The van der Waals surface area contributed by atoms with E-state index in [1.807, 2.05) is 0 Å². The lowest BCUT2D eigenvalue weighted by molar-refractivity contribution is 0.562. The molecular formula is C11H13BrClNO2S. The summed E-state index contributed by atoms with van der Waals surface area (Å²) in [5.41, 5.74) is 0. The summed E-state index contributed by atoms with van der Waals surface area (Å²) < 4.78 is 27.3. The van der Waals surface area contributed by atoms with E-state index in [1.54, 1.807) is 25.1 Å². The Hall–Kier alpha value is -0.360. The predicted molar refractivity (Wildman–Crippen MR) is 73.7 cm³/mol. The molecule has 1 aromatic carbocycles. The number of rotatable bonds is 5. The van der Waals surface area contributed by atoms with Gasteiger partial charge < -0.3 is 0 Å². The van der Waals surface area contributed by atoms with Crippen LogP contribution in [0.3, 0.4) is 0 Å². The second-order valence-electron chi connectivity index (χ2n) is 3.62.